The van der Waals surface area contributed by atoms with Crippen LogP contribution < -0.4 is 4.74 Å². The van der Waals surface area contributed by atoms with Gasteiger partial charge in [0.15, 0.2) is 11.5 Å². The molecule has 0 spiro atoms. The number of fused-ring (bicyclic) bond motifs is 1. The van der Waals surface area contributed by atoms with Gasteiger partial charge in [-0.05, 0) is 12.1 Å². The molecule has 0 amide bonds. The van der Waals surface area contributed by atoms with Crippen LogP contribution in [0.25, 0.3) is 22.4 Å². The largest absolute Gasteiger partial charge is 0.470 e. The van der Waals surface area contributed by atoms with Gasteiger partial charge in [0.25, 0.3) is 0 Å². The van der Waals surface area contributed by atoms with Crippen LogP contribution >= 0.6 is 0 Å². The highest BCUT2D eigenvalue weighted by molar-refractivity contribution is 5.82. The Labute approximate surface area is 255 Å². The van der Waals surface area contributed by atoms with Crippen molar-refractivity contribution in [2.45, 2.75) is 61.5 Å². The smallest absolute Gasteiger partial charge is 0.460 e. The van der Waals surface area contributed by atoms with Crippen LogP contribution in [0.4, 0.5) is 70.2 Å². The minimum atomic E-state index is -8.02. The second kappa shape index (κ2) is 11.9. The lowest BCUT2D eigenvalue weighted by atomic mass is 9.92. The lowest BCUT2D eigenvalue weighted by molar-refractivity contribution is -0.440. The summed E-state index contributed by atoms with van der Waals surface area (Å²) >= 11 is 0. The van der Waals surface area contributed by atoms with Crippen molar-refractivity contribution in [3.05, 3.63) is 60.0 Å². The number of hydrogen-bond donors (Lipinski definition) is 0. The summed E-state index contributed by atoms with van der Waals surface area (Å²) in [6.07, 6.45) is -14.3. The Balaban J connectivity index is 1.53. The molecule has 4 aromatic rings. The van der Waals surface area contributed by atoms with Gasteiger partial charge in [0.1, 0.15) is 18.0 Å². The van der Waals surface area contributed by atoms with E-state index in [1.54, 1.807) is 18.2 Å². The van der Waals surface area contributed by atoms with Crippen molar-refractivity contribution in [1.29, 1.82) is 0 Å². The number of alkyl halides is 16. The normalized spacial score (nSPS) is 14.1. The van der Waals surface area contributed by atoms with E-state index in [0.717, 1.165) is 6.07 Å². The molecule has 0 aliphatic carbocycles. The Bertz CT molecular complexity index is 1750. The van der Waals surface area contributed by atoms with Crippen LogP contribution in [0.5, 0.6) is 5.88 Å². The van der Waals surface area contributed by atoms with E-state index in [9.17, 15) is 70.2 Å². The van der Waals surface area contributed by atoms with Crippen molar-refractivity contribution in [2.75, 3.05) is 0 Å². The van der Waals surface area contributed by atoms with Crippen LogP contribution in [0.3, 0.4) is 0 Å². The molecule has 0 unspecified atom stereocenters. The maximum Gasteiger partial charge on any atom is 0.460 e. The third-order valence-corrected chi connectivity index (χ3v) is 6.44. The van der Waals surface area contributed by atoms with E-state index in [0.29, 0.717) is 17.8 Å². The molecule has 262 valence electrons. The first-order chi connectivity index (χ1) is 21.8. The summed E-state index contributed by atoms with van der Waals surface area (Å²) in [4.78, 5) is 11.6. The van der Waals surface area contributed by atoms with Gasteiger partial charge >= 0.3 is 42.0 Å². The van der Waals surface area contributed by atoms with Gasteiger partial charge in [-0.3, -0.25) is 4.68 Å². The van der Waals surface area contributed by atoms with Gasteiger partial charge in [-0.1, -0.05) is 35.5 Å². The van der Waals surface area contributed by atoms with Gasteiger partial charge in [-0.25, -0.2) is 9.97 Å². The molecule has 0 atom stereocenters. The van der Waals surface area contributed by atoms with Crippen LogP contribution in [0.1, 0.15) is 17.8 Å². The zero-order chi connectivity index (χ0) is 36.1. The molecule has 0 radical (unpaired) electrons. The quantitative estimate of drug-likeness (QED) is 0.146. The lowest BCUT2D eigenvalue weighted by Gasteiger charge is -2.39. The Kier molecular flexibility index (Phi) is 9.01. The molecule has 0 aliphatic heterocycles. The average Bonchev–Trinajstić information content (AvgIpc) is 3.45. The zero-order valence-electron chi connectivity index (χ0n) is 22.9. The van der Waals surface area contributed by atoms with Crippen molar-refractivity contribution in [3.8, 4) is 17.3 Å². The highest BCUT2D eigenvalue weighted by Crippen LogP contribution is 2.60. The minimum Gasteiger partial charge on any atom is -0.470 e. The molecule has 3 aromatic heterocycles. The summed E-state index contributed by atoms with van der Waals surface area (Å²) in [7, 11) is 0. The van der Waals surface area contributed by atoms with Gasteiger partial charge in [-0.2, -0.15) is 75.2 Å². The summed E-state index contributed by atoms with van der Waals surface area (Å²) < 4.78 is 219. The number of halogens is 16. The lowest BCUT2D eigenvalue weighted by Crippen LogP contribution is -2.70. The van der Waals surface area contributed by atoms with E-state index in [4.69, 9.17) is 4.74 Å². The van der Waals surface area contributed by atoms with E-state index in [1.165, 1.54) is 12.1 Å². The predicted octanol–water partition coefficient (Wildman–Crippen LogP) is 8.01. The van der Waals surface area contributed by atoms with Crippen molar-refractivity contribution in [2.24, 2.45) is 0 Å². The van der Waals surface area contributed by atoms with Crippen molar-refractivity contribution in [3.63, 3.8) is 0 Å². The highest BCUT2D eigenvalue weighted by Gasteiger charge is 2.90. The molecule has 23 heteroatoms. The molecular weight excluding hydrogens is 704 g/mol. The second-order valence-corrected chi connectivity index (χ2v) is 9.80. The number of rotatable bonds is 11. The summed E-state index contributed by atoms with van der Waals surface area (Å²) in [6, 6.07) is 9.17. The molecule has 7 nitrogen and oxygen atoms in total. The zero-order valence-corrected chi connectivity index (χ0v) is 22.9. The van der Waals surface area contributed by atoms with Gasteiger partial charge < -0.3 is 4.74 Å². The first-order valence-corrected chi connectivity index (χ1v) is 12.6. The van der Waals surface area contributed by atoms with Gasteiger partial charge in [0.2, 0.25) is 5.88 Å². The Hall–Kier alpha value is -4.47. The van der Waals surface area contributed by atoms with E-state index >= 15 is 0 Å². The molecule has 0 fully saturated rings. The Morgan fingerprint density at radius 1 is 0.646 bits per heavy atom. The Morgan fingerprint density at radius 2 is 1.25 bits per heavy atom. The maximum atomic E-state index is 14.1. The van der Waals surface area contributed by atoms with E-state index in [-0.39, 0.29) is 27.5 Å². The Morgan fingerprint density at radius 3 is 1.83 bits per heavy atom. The number of aryl methyl sites for hydroxylation is 1. The number of hydrogen-bond acceptors (Lipinski definition) is 6. The second-order valence-electron chi connectivity index (χ2n) is 9.80. The van der Waals surface area contributed by atoms with Crippen LogP contribution in [-0.4, -0.2) is 65.7 Å². The molecule has 0 aliphatic rings. The molecule has 1 aromatic carbocycles. The molecule has 0 N–H and O–H groups in total. The van der Waals surface area contributed by atoms with E-state index in [2.05, 4.69) is 25.3 Å². The van der Waals surface area contributed by atoms with Gasteiger partial charge in [0.05, 0.1) is 11.6 Å². The first-order valence-electron chi connectivity index (χ1n) is 12.6. The summed E-state index contributed by atoms with van der Waals surface area (Å²) in [5.41, 5.74) is -1.84. The third-order valence-electron chi connectivity index (χ3n) is 6.44. The maximum absolute atomic E-state index is 14.1. The molecule has 48 heavy (non-hydrogen) atoms. The van der Waals surface area contributed by atoms with Crippen molar-refractivity contribution in [1.82, 2.24) is 29.9 Å². The number of benzene rings is 1. The number of aromatic nitrogens is 6. The summed E-state index contributed by atoms with van der Waals surface area (Å²) in [5, 5.41) is 6.44. The molecule has 4 rings (SSSR count). The van der Waals surface area contributed by atoms with Crippen molar-refractivity contribution >= 4 is 11.0 Å². The monoisotopic (exact) mass is 718 g/mol. The molecule has 0 saturated heterocycles. The van der Waals surface area contributed by atoms with E-state index < -0.39 is 72.9 Å². The fraction of sp³-hybridized carbons (Fsp3) is 0.400. The number of ether oxygens (including phenoxy) is 1. The molecular formula is C25H14F16N6O. The average molecular weight is 718 g/mol. The van der Waals surface area contributed by atoms with Gasteiger partial charge in [-0.15, -0.1) is 5.10 Å². The molecule has 3 heterocycles. The van der Waals surface area contributed by atoms with Gasteiger partial charge in [0, 0.05) is 18.5 Å². The summed E-state index contributed by atoms with van der Waals surface area (Å²) in [6.45, 7) is -2.27. The van der Waals surface area contributed by atoms with Crippen LogP contribution in [0.15, 0.2) is 48.7 Å². The molecule has 0 saturated carbocycles. The van der Waals surface area contributed by atoms with Crippen molar-refractivity contribution < 1.29 is 75.0 Å². The molecule has 0 bridgehead atoms. The number of nitrogens with zero attached hydrogens (tertiary/aromatic N) is 6. The summed E-state index contributed by atoms with van der Waals surface area (Å²) in [5.74, 6) is -38.1. The predicted molar refractivity (Wildman–Crippen MR) is 128 cm³/mol. The topological polar surface area (TPSA) is 78.6 Å². The standard InChI is InChI=1S/C25H14F16N6O/c26-19(27,21(31,32)22(33,34)23(35,36)24(37,38)25(39,40)41)8-9-47-10-13(45-46-47)11-48-18-14-6-7-15(20(28,29)30)42-17(14)43-16(44-18)12-4-2-1-3-5-12/h1-7,10H,8-9,11H2. The SMILES string of the molecule is FC(F)(F)c1ccc2c(OCc3cn(CCC(F)(F)C(F)(F)C(F)(F)C(F)(F)C(F)(F)C(F)(F)F)nn3)nc(-c3ccccc3)nc2n1. The fourth-order valence-electron chi connectivity index (χ4n) is 3.84. The first kappa shape index (κ1) is 36.4. The highest BCUT2D eigenvalue weighted by atomic mass is 19.4. The number of pyridine rings is 1. The minimum absolute atomic E-state index is 0.160. The fourth-order valence-corrected chi connectivity index (χ4v) is 3.84. The van der Waals surface area contributed by atoms with Crippen LogP contribution in [0.2, 0.25) is 0 Å². The van der Waals surface area contributed by atoms with Crippen LogP contribution in [-0.2, 0) is 19.3 Å². The third kappa shape index (κ3) is 6.36. The van der Waals surface area contributed by atoms with Crippen LogP contribution in [0, 0.1) is 0 Å². The van der Waals surface area contributed by atoms with E-state index in [1.807, 2.05) is 0 Å².